The summed E-state index contributed by atoms with van der Waals surface area (Å²) in [5.41, 5.74) is 0.539. The molecule has 0 radical (unpaired) electrons. The number of rotatable bonds is 6. The van der Waals surface area contributed by atoms with Crippen molar-refractivity contribution in [1.29, 1.82) is 0 Å². The van der Waals surface area contributed by atoms with Crippen LogP contribution in [0.25, 0.3) is 0 Å². The van der Waals surface area contributed by atoms with E-state index in [1.165, 1.54) is 6.07 Å². The Morgan fingerprint density at radius 3 is 3.00 bits per heavy atom. The molecule has 0 fully saturated rings. The van der Waals surface area contributed by atoms with Crippen LogP contribution in [0.2, 0.25) is 0 Å². The summed E-state index contributed by atoms with van der Waals surface area (Å²) < 4.78 is 2.72. The van der Waals surface area contributed by atoms with Gasteiger partial charge in [0.25, 0.3) is 5.69 Å². The van der Waals surface area contributed by atoms with Crippen molar-refractivity contribution in [3.63, 3.8) is 0 Å². The van der Waals surface area contributed by atoms with E-state index < -0.39 is 4.92 Å². The van der Waals surface area contributed by atoms with Crippen molar-refractivity contribution in [2.24, 2.45) is 0 Å². The maximum absolute atomic E-state index is 11.0. The molecule has 1 N–H and O–H groups in total. The van der Waals surface area contributed by atoms with Gasteiger partial charge in [-0.15, -0.1) is 0 Å². The molecule has 1 heterocycles. The maximum Gasteiger partial charge on any atom is 0.293 e. The van der Waals surface area contributed by atoms with E-state index in [1.807, 2.05) is 10.8 Å². The highest BCUT2D eigenvalue weighted by atomic mass is 79.9. The van der Waals surface area contributed by atoms with Gasteiger partial charge in [0, 0.05) is 29.5 Å². The third kappa shape index (κ3) is 3.36. The Labute approximate surface area is 125 Å². The van der Waals surface area contributed by atoms with Gasteiger partial charge < -0.3 is 9.88 Å². The number of anilines is 1. The molecule has 6 nitrogen and oxygen atoms in total. The van der Waals surface area contributed by atoms with Gasteiger partial charge in [-0.2, -0.15) is 0 Å². The summed E-state index contributed by atoms with van der Waals surface area (Å²) in [4.78, 5) is 14.9. The number of imidazole rings is 1. The molecule has 0 unspecified atom stereocenters. The van der Waals surface area contributed by atoms with Gasteiger partial charge in [-0.05, 0) is 18.6 Å². The lowest BCUT2D eigenvalue weighted by Crippen LogP contribution is -2.09. The van der Waals surface area contributed by atoms with Gasteiger partial charge in [0.2, 0.25) is 0 Å². The third-order valence-corrected chi connectivity index (χ3v) is 3.35. The molecule has 7 heteroatoms. The van der Waals surface area contributed by atoms with Crippen LogP contribution in [-0.2, 0) is 13.1 Å². The van der Waals surface area contributed by atoms with Crippen LogP contribution in [0.5, 0.6) is 0 Å². The van der Waals surface area contributed by atoms with E-state index in [2.05, 4.69) is 33.2 Å². The largest absolute Gasteiger partial charge is 0.372 e. The zero-order valence-corrected chi connectivity index (χ0v) is 12.6. The standard InChI is InChI=1S/C13H15BrN4O2/c1-2-6-17-7-5-15-13(17)9-16-11-4-3-10(14)8-12(11)18(19)20/h3-5,7-8,16H,2,6,9H2,1H3. The number of hydrogen-bond donors (Lipinski definition) is 1. The molecule has 20 heavy (non-hydrogen) atoms. The van der Waals surface area contributed by atoms with E-state index in [1.54, 1.807) is 18.3 Å². The second-order valence-electron chi connectivity index (χ2n) is 4.31. The summed E-state index contributed by atoms with van der Waals surface area (Å²) in [5, 5.41) is 14.1. The van der Waals surface area contributed by atoms with Crippen molar-refractivity contribution in [2.75, 3.05) is 5.32 Å². The fraction of sp³-hybridized carbons (Fsp3) is 0.308. The molecule has 1 aromatic heterocycles. The van der Waals surface area contributed by atoms with Crippen molar-refractivity contribution in [3.8, 4) is 0 Å². The lowest BCUT2D eigenvalue weighted by atomic mass is 10.2. The number of hydrogen-bond acceptors (Lipinski definition) is 4. The number of aryl methyl sites for hydroxylation is 1. The van der Waals surface area contributed by atoms with E-state index in [0.717, 1.165) is 18.8 Å². The van der Waals surface area contributed by atoms with Crippen LogP contribution < -0.4 is 5.32 Å². The first-order chi connectivity index (χ1) is 9.61. The van der Waals surface area contributed by atoms with Crippen LogP contribution in [-0.4, -0.2) is 14.5 Å². The monoisotopic (exact) mass is 338 g/mol. The van der Waals surface area contributed by atoms with Gasteiger partial charge in [0.1, 0.15) is 11.5 Å². The molecule has 0 saturated carbocycles. The lowest BCUT2D eigenvalue weighted by molar-refractivity contribution is -0.384. The van der Waals surface area contributed by atoms with Gasteiger partial charge in [0.15, 0.2) is 0 Å². The molecule has 0 atom stereocenters. The Morgan fingerprint density at radius 2 is 2.30 bits per heavy atom. The molecular weight excluding hydrogens is 324 g/mol. The molecule has 0 amide bonds. The number of halogens is 1. The fourth-order valence-electron chi connectivity index (χ4n) is 1.93. The summed E-state index contributed by atoms with van der Waals surface area (Å²) in [6.07, 6.45) is 4.67. The molecule has 0 bridgehead atoms. The van der Waals surface area contributed by atoms with E-state index in [9.17, 15) is 10.1 Å². The Balaban J connectivity index is 2.14. The molecule has 2 aromatic rings. The van der Waals surface area contributed by atoms with E-state index in [-0.39, 0.29) is 5.69 Å². The normalized spacial score (nSPS) is 10.5. The Morgan fingerprint density at radius 1 is 1.50 bits per heavy atom. The van der Waals surface area contributed by atoms with Crippen LogP contribution in [0.3, 0.4) is 0 Å². The highest BCUT2D eigenvalue weighted by Gasteiger charge is 2.14. The molecule has 0 saturated heterocycles. The molecule has 0 aliphatic rings. The second-order valence-corrected chi connectivity index (χ2v) is 5.22. The lowest BCUT2D eigenvalue weighted by Gasteiger charge is -2.09. The quantitative estimate of drug-likeness (QED) is 0.645. The first-order valence-corrected chi connectivity index (χ1v) is 7.09. The third-order valence-electron chi connectivity index (χ3n) is 2.86. The van der Waals surface area contributed by atoms with E-state index in [4.69, 9.17) is 0 Å². The summed E-state index contributed by atoms with van der Waals surface area (Å²) >= 11 is 3.24. The Bertz CT molecular complexity index is 612. The highest BCUT2D eigenvalue weighted by Crippen LogP contribution is 2.28. The predicted octanol–water partition coefficient (Wildman–Crippen LogP) is 3.58. The van der Waals surface area contributed by atoms with E-state index in [0.29, 0.717) is 16.7 Å². The smallest absolute Gasteiger partial charge is 0.293 e. The molecule has 2 rings (SSSR count). The van der Waals surface area contributed by atoms with Crippen LogP contribution in [0.4, 0.5) is 11.4 Å². The van der Waals surface area contributed by atoms with Gasteiger partial charge in [-0.25, -0.2) is 4.98 Å². The van der Waals surface area contributed by atoms with Crippen LogP contribution in [0, 0.1) is 10.1 Å². The molecule has 0 spiro atoms. The summed E-state index contributed by atoms with van der Waals surface area (Å²) in [7, 11) is 0. The molecule has 1 aromatic carbocycles. The van der Waals surface area contributed by atoms with Gasteiger partial charge >= 0.3 is 0 Å². The minimum Gasteiger partial charge on any atom is -0.372 e. The number of benzene rings is 1. The Kier molecular flexibility index (Phi) is 4.73. The molecule has 0 aliphatic carbocycles. The fourth-order valence-corrected chi connectivity index (χ4v) is 2.28. The number of nitrogens with one attached hydrogen (secondary N) is 1. The number of aromatic nitrogens is 2. The SMILES string of the molecule is CCCn1ccnc1CNc1ccc(Br)cc1[N+](=O)[O-]. The number of nitro groups is 1. The average molecular weight is 339 g/mol. The predicted molar refractivity (Wildman–Crippen MR) is 80.6 cm³/mol. The van der Waals surface area contributed by atoms with Crippen LogP contribution in [0.1, 0.15) is 19.2 Å². The van der Waals surface area contributed by atoms with Crippen molar-refractivity contribution in [1.82, 2.24) is 9.55 Å². The van der Waals surface area contributed by atoms with Gasteiger partial charge in [-0.1, -0.05) is 22.9 Å². The van der Waals surface area contributed by atoms with Crippen molar-refractivity contribution in [3.05, 3.63) is 51.0 Å². The van der Waals surface area contributed by atoms with Crippen LogP contribution >= 0.6 is 15.9 Å². The number of nitrogens with zero attached hydrogens (tertiary/aromatic N) is 3. The van der Waals surface area contributed by atoms with E-state index >= 15 is 0 Å². The summed E-state index contributed by atoms with van der Waals surface area (Å²) in [6.45, 7) is 3.44. The molecule has 106 valence electrons. The maximum atomic E-state index is 11.0. The summed E-state index contributed by atoms with van der Waals surface area (Å²) in [5.74, 6) is 0.865. The van der Waals surface area contributed by atoms with Crippen LogP contribution in [0.15, 0.2) is 35.1 Å². The first-order valence-electron chi connectivity index (χ1n) is 6.29. The second kappa shape index (κ2) is 6.51. The topological polar surface area (TPSA) is 73.0 Å². The summed E-state index contributed by atoms with van der Waals surface area (Å²) in [6, 6.07) is 4.95. The molecule has 0 aliphatic heterocycles. The molecular formula is C13H15BrN4O2. The van der Waals surface area contributed by atoms with Crippen molar-refractivity contribution < 1.29 is 4.92 Å². The minimum atomic E-state index is -0.397. The van der Waals surface area contributed by atoms with Gasteiger partial charge in [-0.3, -0.25) is 10.1 Å². The minimum absolute atomic E-state index is 0.0490. The Hall–Kier alpha value is -1.89. The zero-order chi connectivity index (χ0) is 14.5. The highest BCUT2D eigenvalue weighted by molar-refractivity contribution is 9.10. The van der Waals surface area contributed by atoms with Crippen molar-refractivity contribution in [2.45, 2.75) is 26.4 Å². The van der Waals surface area contributed by atoms with Crippen molar-refractivity contribution >= 4 is 27.3 Å². The van der Waals surface area contributed by atoms with Gasteiger partial charge in [0.05, 0.1) is 11.5 Å². The zero-order valence-electron chi connectivity index (χ0n) is 11.0. The average Bonchev–Trinajstić information content (AvgIpc) is 2.85. The number of nitro benzene ring substituents is 1. The first kappa shape index (κ1) is 14.5.